The zero-order chi connectivity index (χ0) is 14.4. The first-order valence-electron chi connectivity index (χ1n) is 6.22. The summed E-state index contributed by atoms with van der Waals surface area (Å²) < 4.78 is 0. The van der Waals surface area contributed by atoms with Crippen LogP contribution in [-0.4, -0.2) is 18.2 Å². The number of hydrogen-bond donors (Lipinski definition) is 0. The second-order valence-corrected chi connectivity index (χ2v) is 4.82. The molecule has 0 bridgehead atoms. The van der Waals surface area contributed by atoms with E-state index in [1.54, 1.807) is 31.6 Å². The highest BCUT2D eigenvalue weighted by atomic mass is 35.5. The first-order chi connectivity index (χ1) is 9.73. The van der Waals surface area contributed by atoms with Crippen LogP contribution >= 0.6 is 11.6 Å². The fourth-order valence-corrected chi connectivity index (χ4v) is 2.24. The van der Waals surface area contributed by atoms with Crippen molar-refractivity contribution in [2.75, 3.05) is 7.05 Å². The lowest BCUT2D eigenvalue weighted by molar-refractivity contribution is 0.668. The molecular formula is C16H14ClN3. The van der Waals surface area contributed by atoms with Gasteiger partial charge in [-0.2, -0.15) is 5.26 Å². The third-order valence-corrected chi connectivity index (χ3v) is 3.46. The van der Waals surface area contributed by atoms with Crippen LogP contribution in [0.2, 0.25) is 5.02 Å². The molecule has 0 amide bonds. The van der Waals surface area contributed by atoms with Gasteiger partial charge in [-0.25, -0.2) is 0 Å². The van der Waals surface area contributed by atoms with Crippen molar-refractivity contribution in [1.82, 2.24) is 4.98 Å². The lowest BCUT2D eigenvalue weighted by Gasteiger charge is -2.25. The van der Waals surface area contributed by atoms with Gasteiger partial charge in [0.15, 0.2) is 0 Å². The molecule has 2 aromatic rings. The predicted molar refractivity (Wildman–Crippen MR) is 81.1 cm³/mol. The average Bonchev–Trinajstić information content (AvgIpc) is 2.51. The molecular weight excluding hydrogens is 270 g/mol. The lowest BCUT2D eigenvalue weighted by atomic mass is 9.76. The zero-order valence-electron chi connectivity index (χ0n) is 11.1. The average molecular weight is 284 g/mol. The fourth-order valence-electron chi connectivity index (χ4n) is 2.12. The van der Waals surface area contributed by atoms with E-state index in [-0.39, 0.29) is 0 Å². The third-order valence-electron chi connectivity index (χ3n) is 3.21. The molecule has 4 heteroatoms. The van der Waals surface area contributed by atoms with Crippen molar-refractivity contribution in [3.63, 3.8) is 0 Å². The molecule has 1 aromatic heterocycles. The van der Waals surface area contributed by atoms with Crippen LogP contribution in [0.25, 0.3) is 0 Å². The summed E-state index contributed by atoms with van der Waals surface area (Å²) in [7, 11) is 1.70. The number of hydrogen-bond acceptors (Lipinski definition) is 3. The predicted octanol–water partition coefficient (Wildman–Crippen LogP) is 3.64. The zero-order valence-corrected chi connectivity index (χ0v) is 11.9. The van der Waals surface area contributed by atoms with Crippen LogP contribution in [0.5, 0.6) is 0 Å². The van der Waals surface area contributed by atoms with Crippen molar-refractivity contribution in [3.8, 4) is 6.07 Å². The van der Waals surface area contributed by atoms with Gasteiger partial charge in [0.25, 0.3) is 0 Å². The molecule has 3 nitrogen and oxygen atoms in total. The molecule has 2 rings (SSSR count). The number of aliphatic imine (C=N–C) groups is 1. The van der Waals surface area contributed by atoms with E-state index in [0.717, 1.165) is 5.56 Å². The highest BCUT2D eigenvalue weighted by Crippen LogP contribution is 2.33. The molecule has 1 unspecified atom stereocenters. The monoisotopic (exact) mass is 283 g/mol. The van der Waals surface area contributed by atoms with Crippen LogP contribution in [0.4, 0.5) is 0 Å². The van der Waals surface area contributed by atoms with Crippen LogP contribution in [0.1, 0.15) is 17.7 Å². The quantitative estimate of drug-likeness (QED) is 0.805. The first kappa shape index (κ1) is 14.2. The third kappa shape index (κ3) is 2.71. The van der Waals surface area contributed by atoms with Crippen LogP contribution < -0.4 is 0 Å². The Labute approximate surface area is 123 Å². The summed E-state index contributed by atoms with van der Waals surface area (Å²) in [5.41, 5.74) is 0.735. The highest BCUT2D eigenvalue weighted by Gasteiger charge is 2.35. The molecule has 0 saturated carbocycles. The van der Waals surface area contributed by atoms with Crippen molar-refractivity contribution in [3.05, 3.63) is 64.9 Å². The molecule has 20 heavy (non-hydrogen) atoms. The van der Waals surface area contributed by atoms with Crippen LogP contribution in [-0.2, 0) is 5.41 Å². The number of pyridine rings is 1. The van der Waals surface area contributed by atoms with Gasteiger partial charge in [-0.1, -0.05) is 29.8 Å². The van der Waals surface area contributed by atoms with Crippen molar-refractivity contribution in [2.45, 2.75) is 11.8 Å². The van der Waals surface area contributed by atoms with Crippen molar-refractivity contribution in [1.29, 1.82) is 5.26 Å². The van der Waals surface area contributed by atoms with E-state index in [4.69, 9.17) is 11.6 Å². The first-order valence-corrected chi connectivity index (χ1v) is 6.60. The van der Waals surface area contributed by atoms with Crippen LogP contribution in [0.3, 0.4) is 0 Å². The number of benzene rings is 1. The molecule has 1 atom stereocenters. The van der Waals surface area contributed by atoms with Gasteiger partial charge in [0, 0.05) is 30.9 Å². The normalized spacial score (nSPS) is 13.8. The molecule has 0 N–H and O–H groups in total. The minimum absolute atomic E-state index is 0.471. The molecule has 100 valence electrons. The molecule has 1 aromatic carbocycles. The fraction of sp³-hybridized carbons (Fsp3) is 0.188. The SMILES string of the molecule is CN=CCC(C#N)(c1ccc(Cl)cc1)c1ccccn1. The van der Waals surface area contributed by atoms with E-state index < -0.39 is 5.41 Å². The summed E-state index contributed by atoms with van der Waals surface area (Å²) >= 11 is 5.93. The standard InChI is InChI=1S/C16H14ClN3/c1-19-11-9-16(12-18,15-4-2-3-10-20-15)13-5-7-14(17)8-6-13/h2-8,10-11H,9H2,1H3. The maximum atomic E-state index is 9.79. The maximum Gasteiger partial charge on any atom is 0.129 e. The Morgan fingerprint density at radius 1 is 1.30 bits per heavy atom. The van der Waals surface area contributed by atoms with Gasteiger partial charge in [0.2, 0.25) is 0 Å². The summed E-state index contributed by atoms with van der Waals surface area (Å²) in [4.78, 5) is 8.36. The van der Waals surface area contributed by atoms with E-state index in [1.165, 1.54) is 0 Å². The van der Waals surface area contributed by atoms with E-state index in [0.29, 0.717) is 17.1 Å². The van der Waals surface area contributed by atoms with Gasteiger partial charge >= 0.3 is 0 Å². The molecule has 0 aliphatic rings. The highest BCUT2D eigenvalue weighted by molar-refractivity contribution is 6.30. The van der Waals surface area contributed by atoms with Gasteiger partial charge in [0.05, 0.1) is 11.8 Å². The van der Waals surface area contributed by atoms with Crippen molar-refractivity contribution in [2.24, 2.45) is 4.99 Å². The lowest BCUT2D eigenvalue weighted by Crippen LogP contribution is -2.27. The van der Waals surface area contributed by atoms with Crippen molar-refractivity contribution >= 4 is 17.8 Å². The summed E-state index contributed by atoms with van der Waals surface area (Å²) in [5, 5.41) is 10.4. The van der Waals surface area contributed by atoms with Gasteiger partial charge < -0.3 is 4.99 Å². The Bertz CT molecular complexity index is 629. The number of rotatable bonds is 4. The molecule has 0 fully saturated rings. The summed E-state index contributed by atoms with van der Waals surface area (Å²) in [6.07, 6.45) is 3.91. The minimum atomic E-state index is -0.842. The Morgan fingerprint density at radius 2 is 2.05 bits per heavy atom. The number of halogens is 1. The Hall–Kier alpha value is -2.18. The summed E-state index contributed by atoms with van der Waals surface area (Å²) in [5.74, 6) is 0. The molecule has 0 aliphatic carbocycles. The van der Waals surface area contributed by atoms with E-state index in [1.807, 2.05) is 30.3 Å². The number of aromatic nitrogens is 1. The largest absolute Gasteiger partial charge is 0.301 e. The molecule has 0 saturated heterocycles. The minimum Gasteiger partial charge on any atom is -0.301 e. The smallest absolute Gasteiger partial charge is 0.129 e. The summed E-state index contributed by atoms with van der Waals surface area (Å²) in [6.45, 7) is 0. The van der Waals surface area contributed by atoms with Gasteiger partial charge in [-0.15, -0.1) is 0 Å². The number of nitriles is 1. The second-order valence-electron chi connectivity index (χ2n) is 4.38. The topological polar surface area (TPSA) is 49.0 Å². The van der Waals surface area contributed by atoms with Crippen molar-refractivity contribution < 1.29 is 0 Å². The second kappa shape index (κ2) is 6.31. The van der Waals surface area contributed by atoms with E-state index >= 15 is 0 Å². The van der Waals surface area contributed by atoms with Gasteiger partial charge in [0.1, 0.15) is 5.41 Å². The van der Waals surface area contributed by atoms with E-state index in [9.17, 15) is 5.26 Å². The number of nitrogens with zero attached hydrogens (tertiary/aromatic N) is 3. The van der Waals surface area contributed by atoms with Crippen LogP contribution in [0, 0.1) is 11.3 Å². The van der Waals surface area contributed by atoms with Gasteiger partial charge in [-0.3, -0.25) is 4.98 Å². The van der Waals surface area contributed by atoms with Gasteiger partial charge in [-0.05, 0) is 29.8 Å². The molecule has 0 aliphatic heterocycles. The maximum absolute atomic E-state index is 9.79. The van der Waals surface area contributed by atoms with E-state index in [2.05, 4.69) is 16.0 Å². The Morgan fingerprint density at radius 3 is 2.60 bits per heavy atom. The summed E-state index contributed by atoms with van der Waals surface area (Å²) in [6, 6.07) is 15.3. The molecule has 1 heterocycles. The Kier molecular flexibility index (Phi) is 4.49. The molecule has 0 radical (unpaired) electrons. The molecule has 0 spiro atoms. The Balaban J connectivity index is 2.59. The van der Waals surface area contributed by atoms with Crippen LogP contribution in [0.15, 0.2) is 53.7 Å².